The molecule has 2 fully saturated rings. The number of hydrogen-bond acceptors (Lipinski definition) is 13. The van der Waals surface area contributed by atoms with E-state index in [1.807, 2.05) is 6.92 Å². The fourth-order valence-corrected chi connectivity index (χ4v) is 9.42. The first-order valence-electron chi connectivity index (χ1n) is 17.3. The number of allylic oxidation sites excluding steroid dienone is 3. The number of aromatic nitrogens is 2. The Bertz CT molecular complexity index is 1870. The number of anilines is 2. The van der Waals surface area contributed by atoms with Crippen molar-refractivity contribution >= 4 is 39.5 Å². The number of nitrogens with one attached hydrogen (secondary N) is 3. The number of nitriles is 1. The zero-order chi connectivity index (χ0) is 35.2. The summed E-state index contributed by atoms with van der Waals surface area (Å²) < 4.78 is 11.8. The lowest BCUT2D eigenvalue weighted by molar-refractivity contribution is -0.123. The number of aryl methyl sites for hydroxylation is 1. The highest BCUT2D eigenvalue weighted by Gasteiger charge is 2.47. The smallest absolute Gasteiger partial charge is 0.276 e. The van der Waals surface area contributed by atoms with Crippen LogP contribution in [-0.2, 0) is 21.4 Å². The van der Waals surface area contributed by atoms with Crippen molar-refractivity contribution in [2.75, 3.05) is 37.9 Å². The van der Waals surface area contributed by atoms with Crippen LogP contribution in [-0.4, -0.2) is 87.2 Å². The Kier molecular flexibility index (Phi) is 9.23. The Hall–Kier alpha value is -4.58. The zero-order valence-electron chi connectivity index (χ0n) is 28.4. The number of fused-ring (bicyclic) bond motifs is 2. The van der Waals surface area contributed by atoms with Gasteiger partial charge in [-0.3, -0.25) is 20.5 Å². The summed E-state index contributed by atoms with van der Waals surface area (Å²) in [6, 6.07) is 4.05. The second-order valence-corrected chi connectivity index (χ2v) is 15.0. The summed E-state index contributed by atoms with van der Waals surface area (Å²) in [4.78, 5) is 27.3. The lowest BCUT2D eigenvalue weighted by Gasteiger charge is -2.41. The maximum Gasteiger partial charge on any atom is 0.276 e. The van der Waals surface area contributed by atoms with Crippen molar-refractivity contribution in [2.24, 2.45) is 0 Å². The summed E-state index contributed by atoms with van der Waals surface area (Å²) in [6.07, 6.45) is 11.7. The number of thiophene rings is 1. The van der Waals surface area contributed by atoms with Gasteiger partial charge in [0.05, 0.1) is 23.6 Å². The van der Waals surface area contributed by atoms with Gasteiger partial charge in [0.15, 0.2) is 5.82 Å². The summed E-state index contributed by atoms with van der Waals surface area (Å²) in [5.41, 5.74) is 7.40. The topological polar surface area (TPSA) is 198 Å². The van der Waals surface area contributed by atoms with Crippen LogP contribution in [0.4, 0.5) is 10.8 Å². The van der Waals surface area contributed by atoms with Gasteiger partial charge in [0.2, 0.25) is 5.88 Å². The van der Waals surface area contributed by atoms with Gasteiger partial charge in [0.25, 0.3) is 5.91 Å². The van der Waals surface area contributed by atoms with E-state index in [0.29, 0.717) is 66.4 Å². The van der Waals surface area contributed by atoms with E-state index >= 15 is 0 Å². The number of carbonyl (C=O) groups is 1. The zero-order valence-corrected chi connectivity index (χ0v) is 29.2. The van der Waals surface area contributed by atoms with Gasteiger partial charge in [-0.05, 0) is 89.9 Å². The Morgan fingerprint density at radius 2 is 2.10 bits per heavy atom. The van der Waals surface area contributed by atoms with Crippen LogP contribution < -0.4 is 15.8 Å². The molecule has 1 spiro atoms. The van der Waals surface area contributed by atoms with E-state index in [1.165, 1.54) is 11.3 Å². The van der Waals surface area contributed by atoms with Crippen LogP contribution in [0.15, 0.2) is 41.4 Å². The van der Waals surface area contributed by atoms with E-state index in [1.54, 1.807) is 29.4 Å². The van der Waals surface area contributed by atoms with Crippen molar-refractivity contribution in [1.29, 1.82) is 16.1 Å². The molecule has 262 valence electrons. The lowest BCUT2D eigenvalue weighted by atomic mass is 9.63. The van der Waals surface area contributed by atoms with Crippen molar-refractivity contribution < 1.29 is 19.4 Å². The van der Waals surface area contributed by atoms with E-state index in [9.17, 15) is 20.6 Å². The fraction of sp³-hybridized carbons (Fsp3) is 0.500. The Morgan fingerprint density at radius 1 is 1.30 bits per heavy atom. The molecule has 13 nitrogen and oxygen atoms in total. The van der Waals surface area contributed by atoms with E-state index in [0.717, 1.165) is 49.1 Å². The number of aliphatic hydroxyl groups excluding tert-OH is 1. The summed E-state index contributed by atoms with van der Waals surface area (Å²) in [5.74, 6) is 0.360. The molecular formula is C36H43N9O4S. The minimum absolute atomic E-state index is 0.0166. The number of amides is 1. The maximum absolute atomic E-state index is 13.1. The average Bonchev–Trinajstić information content (AvgIpc) is 3.87. The number of ether oxygens (including phenoxy) is 2. The van der Waals surface area contributed by atoms with Crippen LogP contribution in [0.3, 0.4) is 0 Å². The highest BCUT2D eigenvalue weighted by atomic mass is 32.1. The van der Waals surface area contributed by atoms with Gasteiger partial charge in [-0.2, -0.15) is 10.2 Å². The molecule has 7 rings (SSSR count). The third-order valence-corrected chi connectivity index (χ3v) is 11.9. The largest absolute Gasteiger partial charge is 0.511 e. The minimum Gasteiger partial charge on any atom is -0.511 e. The number of hydrogen-bond donors (Lipinski definition) is 5. The molecule has 2 aromatic heterocycles. The SMILES string of the molecule is C[C@H](Oc1cc(N/C=C2/C=CN([C@H]3CCOC3)C(=O)C2=N)nc(C(=N)C2=C(O)[C@@]3(CCC2)CCCc2sc(N)c(C#N)c23)n1)[C@@H]1CCCN1C. The second-order valence-electron chi connectivity index (χ2n) is 13.8. The fourth-order valence-electron chi connectivity index (χ4n) is 8.26. The van der Waals surface area contributed by atoms with E-state index in [2.05, 4.69) is 33.3 Å². The molecule has 6 N–H and O–H groups in total. The van der Waals surface area contributed by atoms with Gasteiger partial charge in [0.1, 0.15) is 40.2 Å². The Morgan fingerprint density at radius 3 is 2.82 bits per heavy atom. The predicted molar refractivity (Wildman–Crippen MR) is 191 cm³/mol. The van der Waals surface area contributed by atoms with Crippen molar-refractivity contribution in [2.45, 2.75) is 88.3 Å². The first-order valence-corrected chi connectivity index (χ1v) is 18.2. The highest BCUT2D eigenvalue weighted by molar-refractivity contribution is 7.16. The maximum atomic E-state index is 13.1. The van der Waals surface area contributed by atoms with Crippen molar-refractivity contribution in [1.82, 2.24) is 19.8 Å². The summed E-state index contributed by atoms with van der Waals surface area (Å²) in [5, 5.41) is 43.6. The Labute approximate surface area is 295 Å². The van der Waals surface area contributed by atoms with Gasteiger partial charge in [-0.25, -0.2) is 4.98 Å². The molecule has 0 saturated carbocycles. The summed E-state index contributed by atoms with van der Waals surface area (Å²) in [6.45, 7) is 4.03. The number of nitrogens with zero attached hydrogens (tertiary/aromatic N) is 5. The normalized spacial score (nSPS) is 26.8. The molecule has 0 unspecified atom stereocenters. The first kappa shape index (κ1) is 33.9. The number of nitrogen functional groups attached to an aromatic ring is 1. The van der Waals surface area contributed by atoms with E-state index in [4.69, 9.17) is 20.6 Å². The molecule has 2 aliphatic carbocycles. The summed E-state index contributed by atoms with van der Waals surface area (Å²) in [7, 11) is 2.08. The molecule has 0 aromatic carbocycles. The molecular weight excluding hydrogens is 655 g/mol. The quantitative estimate of drug-likeness (QED) is 0.235. The first-order chi connectivity index (χ1) is 24.1. The molecule has 4 atom stereocenters. The summed E-state index contributed by atoms with van der Waals surface area (Å²) >= 11 is 1.42. The number of likely N-dealkylation sites (tertiary alicyclic amines) is 1. The van der Waals surface area contributed by atoms with Crippen LogP contribution in [0, 0.1) is 22.1 Å². The lowest BCUT2D eigenvalue weighted by Crippen LogP contribution is -2.43. The second kappa shape index (κ2) is 13.6. The standard InChI is InChI=1S/C36H43N9O4S/c1-20(25-7-5-13-44(25)2)49-28-16-27(41-18-21-9-14-45(35(47)30(21)38)22-10-15-48-19-22)42-34(43-28)31(39)23-6-3-11-36(32(23)46)12-4-8-26-29(36)24(17-37)33(40)50-26/h9,14,16,18,20,22,25,38-39,46H,3-8,10-13,15,19,40H2,1-2H3,(H,41,42,43)/b21-18-,38-30?,39-31?/t20-,22-,25-,36-/m0/s1. The van der Waals surface area contributed by atoms with E-state index < -0.39 is 11.3 Å². The molecule has 5 aliphatic rings. The average molecular weight is 698 g/mol. The molecule has 2 saturated heterocycles. The number of rotatable bonds is 8. The monoisotopic (exact) mass is 697 g/mol. The molecule has 0 radical (unpaired) electrons. The van der Waals surface area contributed by atoms with Crippen LogP contribution >= 0.6 is 11.3 Å². The Balaban J connectivity index is 1.23. The number of likely N-dealkylation sites (N-methyl/N-ethyl adjacent to an activating group) is 1. The molecule has 0 bridgehead atoms. The van der Waals surface area contributed by atoms with Gasteiger partial charge >= 0.3 is 0 Å². The highest BCUT2D eigenvalue weighted by Crippen LogP contribution is 2.54. The van der Waals surface area contributed by atoms with Crippen molar-refractivity contribution in [3.05, 3.63) is 63.3 Å². The van der Waals surface area contributed by atoms with Gasteiger partial charge in [-0.15, -0.1) is 11.3 Å². The van der Waals surface area contributed by atoms with Crippen LogP contribution in [0.5, 0.6) is 5.88 Å². The van der Waals surface area contributed by atoms with Crippen LogP contribution in [0.25, 0.3) is 0 Å². The molecule has 5 heterocycles. The third-order valence-electron chi connectivity index (χ3n) is 10.9. The molecule has 14 heteroatoms. The third kappa shape index (κ3) is 5.97. The molecule has 50 heavy (non-hydrogen) atoms. The van der Waals surface area contributed by atoms with Gasteiger partial charge in [-0.1, -0.05) is 0 Å². The van der Waals surface area contributed by atoms with Crippen LogP contribution in [0.2, 0.25) is 0 Å². The van der Waals surface area contributed by atoms with Gasteiger partial charge < -0.3 is 30.5 Å². The minimum atomic E-state index is -0.785. The molecule has 3 aliphatic heterocycles. The number of nitrogens with two attached hydrogens (primary N) is 1. The van der Waals surface area contributed by atoms with Crippen LogP contribution in [0.1, 0.15) is 80.1 Å². The molecule has 1 amide bonds. The van der Waals surface area contributed by atoms with Gasteiger partial charge in [0, 0.05) is 47.1 Å². The van der Waals surface area contributed by atoms with Crippen molar-refractivity contribution in [3.63, 3.8) is 0 Å². The molecule has 2 aromatic rings. The number of carbonyl (C=O) groups excluding carboxylic acids is 1. The van der Waals surface area contributed by atoms with Crippen molar-refractivity contribution in [3.8, 4) is 11.9 Å². The van der Waals surface area contributed by atoms with E-state index in [-0.39, 0.29) is 47.1 Å². The number of aliphatic hydroxyl groups is 1. The predicted octanol–water partition coefficient (Wildman–Crippen LogP) is 4.95.